The Labute approximate surface area is 156 Å². The van der Waals surface area contributed by atoms with Crippen LogP contribution in [0.1, 0.15) is 22.8 Å². The van der Waals surface area contributed by atoms with Gasteiger partial charge in [0, 0.05) is 42.5 Å². The van der Waals surface area contributed by atoms with Crippen LogP contribution >= 0.6 is 11.6 Å². The molecule has 0 saturated carbocycles. The number of pyridine rings is 1. The molecule has 26 heavy (non-hydrogen) atoms. The van der Waals surface area contributed by atoms with Crippen LogP contribution in [0.25, 0.3) is 10.9 Å². The van der Waals surface area contributed by atoms with Gasteiger partial charge in [-0.3, -0.25) is 4.79 Å². The minimum Gasteiger partial charge on any atom is -0.497 e. The second-order valence-corrected chi connectivity index (χ2v) is 6.22. The standard InChI is InChI=1S/C19H21ClN4O2/c1-3-21-18-16(20)8-13(11-24-18)19(25)22-7-6-12-10-23-17-9-14(26-2)4-5-15(12)17/h4-5,8-11,23H,3,6-7H2,1-2H3,(H,21,24)(H,22,25). The average Bonchev–Trinajstić information content (AvgIpc) is 3.05. The summed E-state index contributed by atoms with van der Waals surface area (Å²) in [6, 6.07) is 7.53. The highest BCUT2D eigenvalue weighted by atomic mass is 35.5. The van der Waals surface area contributed by atoms with E-state index in [0.29, 0.717) is 29.4 Å². The van der Waals surface area contributed by atoms with E-state index < -0.39 is 0 Å². The molecule has 0 saturated heterocycles. The number of aromatic amines is 1. The molecule has 0 aliphatic heterocycles. The number of fused-ring (bicyclic) bond motifs is 1. The summed E-state index contributed by atoms with van der Waals surface area (Å²) >= 11 is 6.14. The Bertz CT molecular complexity index is 923. The molecule has 0 unspecified atom stereocenters. The highest BCUT2D eigenvalue weighted by Crippen LogP contribution is 2.23. The summed E-state index contributed by atoms with van der Waals surface area (Å²) in [5.74, 6) is 1.20. The monoisotopic (exact) mass is 372 g/mol. The van der Waals surface area contributed by atoms with Gasteiger partial charge in [-0.25, -0.2) is 4.98 Å². The molecule has 7 heteroatoms. The number of nitrogens with zero attached hydrogens (tertiary/aromatic N) is 1. The fraction of sp³-hybridized carbons (Fsp3) is 0.263. The third-order valence-corrected chi connectivity index (χ3v) is 4.39. The Balaban J connectivity index is 1.61. The van der Waals surface area contributed by atoms with Crippen molar-refractivity contribution in [1.29, 1.82) is 0 Å². The van der Waals surface area contributed by atoms with Gasteiger partial charge < -0.3 is 20.4 Å². The predicted molar refractivity (Wildman–Crippen MR) is 104 cm³/mol. The number of benzene rings is 1. The first-order chi connectivity index (χ1) is 12.6. The summed E-state index contributed by atoms with van der Waals surface area (Å²) in [5.41, 5.74) is 2.60. The molecule has 3 rings (SSSR count). The molecule has 0 radical (unpaired) electrons. The molecule has 0 atom stereocenters. The topological polar surface area (TPSA) is 79.0 Å². The fourth-order valence-electron chi connectivity index (χ4n) is 2.77. The predicted octanol–water partition coefficient (Wildman–Crippen LogP) is 3.63. The number of rotatable bonds is 7. The van der Waals surface area contributed by atoms with Crippen LogP contribution < -0.4 is 15.4 Å². The van der Waals surface area contributed by atoms with Crippen LogP contribution in [0.2, 0.25) is 5.02 Å². The lowest BCUT2D eigenvalue weighted by molar-refractivity contribution is 0.0954. The van der Waals surface area contributed by atoms with Crippen LogP contribution in [-0.2, 0) is 6.42 Å². The van der Waals surface area contributed by atoms with E-state index in [0.717, 1.165) is 28.8 Å². The molecule has 0 bridgehead atoms. The van der Waals surface area contributed by atoms with Gasteiger partial charge in [-0.05, 0) is 37.1 Å². The van der Waals surface area contributed by atoms with E-state index in [-0.39, 0.29) is 5.91 Å². The summed E-state index contributed by atoms with van der Waals surface area (Å²) in [4.78, 5) is 19.7. The summed E-state index contributed by atoms with van der Waals surface area (Å²) < 4.78 is 5.23. The summed E-state index contributed by atoms with van der Waals surface area (Å²) in [6.45, 7) is 3.19. The van der Waals surface area contributed by atoms with Crippen molar-refractivity contribution in [2.75, 3.05) is 25.5 Å². The fourth-order valence-corrected chi connectivity index (χ4v) is 3.00. The first-order valence-corrected chi connectivity index (χ1v) is 8.81. The summed E-state index contributed by atoms with van der Waals surface area (Å²) in [6.07, 6.45) is 4.20. The normalized spacial score (nSPS) is 10.7. The molecule has 136 valence electrons. The second-order valence-electron chi connectivity index (χ2n) is 5.82. The van der Waals surface area contributed by atoms with Crippen molar-refractivity contribution in [3.05, 3.63) is 52.8 Å². The smallest absolute Gasteiger partial charge is 0.252 e. The first kappa shape index (κ1) is 18.1. The van der Waals surface area contributed by atoms with E-state index in [1.54, 1.807) is 13.2 Å². The van der Waals surface area contributed by atoms with E-state index in [1.807, 2.05) is 31.3 Å². The molecule has 3 aromatic rings. The zero-order valence-corrected chi connectivity index (χ0v) is 15.5. The van der Waals surface area contributed by atoms with E-state index in [9.17, 15) is 4.79 Å². The quantitative estimate of drug-likeness (QED) is 0.591. The molecule has 1 aromatic carbocycles. The van der Waals surface area contributed by atoms with Crippen LogP contribution in [0.3, 0.4) is 0 Å². The van der Waals surface area contributed by atoms with Crippen molar-refractivity contribution >= 4 is 34.2 Å². The number of carbonyl (C=O) groups excluding carboxylic acids is 1. The van der Waals surface area contributed by atoms with Gasteiger partial charge in [0.05, 0.1) is 17.7 Å². The first-order valence-electron chi connectivity index (χ1n) is 8.44. The average molecular weight is 373 g/mol. The molecular weight excluding hydrogens is 352 g/mol. The van der Waals surface area contributed by atoms with Crippen molar-refractivity contribution in [1.82, 2.24) is 15.3 Å². The van der Waals surface area contributed by atoms with Crippen molar-refractivity contribution in [2.24, 2.45) is 0 Å². The molecule has 1 amide bonds. The lowest BCUT2D eigenvalue weighted by Gasteiger charge is -2.08. The largest absolute Gasteiger partial charge is 0.497 e. The molecule has 0 aliphatic rings. The number of hydrogen-bond donors (Lipinski definition) is 3. The zero-order chi connectivity index (χ0) is 18.5. The number of H-pyrrole nitrogens is 1. The summed E-state index contributed by atoms with van der Waals surface area (Å²) in [7, 11) is 1.65. The minimum atomic E-state index is -0.191. The van der Waals surface area contributed by atoms with Crippen molar-refractivity contribution < 1.29 is 9.53 Å². The van der Waals surface area contributed by atoms with Crippen LogP contribution in [0, 0.1) is 0 Å². The van der Waals surface area contributed by atoms with Crippen molar-refractivity contribution in [3.63, 3.8) is 0 Å². The SMILES string of the molecule is CCNc1ncc(C(=O)NCCc2c[nH]c3cc(OC)ccc23)cc1Cl. The van der Waals surface area contributed by atoms with Crippen molar-refractivity contribution in [3.8, 4) is 5.75 Å². The molecule has 2 aromatic heterocycles. The van der Waals surface area contributed by atoms with E-state index in [4.69, 9.17) is 16.3 Å². The summed E-state index contributed by atoms with van der Waals surface area (Å²) in [5, 5.41) is 7.51. The molecule has 0 aliphatic carbocycles. The van der Waals surface area contributed by atoms with Gasteiger partial charge in [0.15, 0.2) is 0 Å². The lowest BCUT2D eigenvalue weighted by atomic mass is 10.1. The maximum Gasteiger partial charge on any atom is 0.252 e. The number of carbonyl (C=O) groups is 1. The van der Waals surface area contributed by atoms with Crippen LogP contribution in [0.15, 0.2) is 36.7 Å². The number of hydrogen-bond acceptors (Lipinski definition) is 4. The molecule has 3 N–H and O–H groups in total. The molecule has 6 nitrogen and oxygen atoms in total. The van der Waals surface area contributed by atoms with Gasteiger partial charge in [0.2, 0.25) is 0 Å². The van der Waals surface area contributed by atoms with Crippen LogP contribution in [-0.4, -0.2) is 36.1 Å². The number of methoxy groups -OCH3 is 1. The van der Waals surface area contributed by atoms with Gasteiger partial charge in [0.1, 0.15) is 11.6 Å². The second kappa shape index (κ2) is 8.10. The molecular formula is C19H21ClN4O2. The van der Waals surface area contributed by atoms with E-state index >= 15 is 0 Å². The number of halogens is 1. The Morgan fingerprint density at radius 3 is 2.92 bits per heavy atom. The number of amides is 1. The third-order valence-electron chi connectivity index (χ3n) is 4.10. The third kappa shape index (κ3) is 3.91. The minimum absolute atomic E-state index is 0.191. The van der Waals surface area contributed by atoms with Crippen LogP contribution in [0.5, 0.6) is 5.75 Å². The zero-order valence-electron chi connectivity index (χ0n) is 14.7. The van der Waals surface area contributed by atoms with Gasteiger partial charge in [-0.2, -0.15) is 0 Å². The number of anilines is 1. The number of aromatic nitrogens is 2. The highest BCUT2D eigenvalue weighted by Gasteiger charge is 2.10. The number of ether oxygens (including phenoxy) is 1. The van der Waals surface area contributed by atoms with Crippen molar-refractivity contribution in [2.45, 2.75) is 13.3 Å². The lowest BCUT2D eigenvalue weighted by Crippen LogP contribution is -2.25. The van der Waals surface area contributed by atoms with Gasteiger partial charge in [0.25, 0.3) is 5.91 Å². The maximum absolute atomic E-state index is 12.3. The highest BCUT2D eigenvalue weighted by molar-refractivity contribution is 6.33. The Hall–Kier alpha value is -2.73. The van der Waals surface area contributed by atoms with Gasteiger partial charge >= 0.3 is 0 Å². The molecule has 0 fully saturated rings. The van der Waals surface area contributed by atoms with Crippen LogP contribution in [0.4, 0.5) is 5.82 Å². The van der Waals surface area contributed by atoms with Gasteiger partial charge in [-0.1, -0.05) is 11.6 Å². The molecule has 2 heterocycles. The van der Waals surface area contributed by atoms with E-state index in [1.165, 1.54) is 6.20 Å². The maximum atomic E-state index is 12.3. The number of nitrogens with one attached hydrogen (secondary N) is 3. The Morgan fingerprint density at radius 2 is 2.19 bits per heavy atom. The Kier molecular flexibility index (Phi) is 5.63. The van der Waals surface area contributed by atoms with Gasteiger partial charge in [-0.15, -0.1) is 0 Å². The molecule has 0 spiro atoms. The van der Waals surface area contributed by atoms with E-state index in [2.05, 4.69) is 20.6 Å². The Morgan fingerprint density at radius 1 is 1.35 bits per heavy atom.